The molecule has 0 aliphatic heterocycles. The largest absolute Gasteiger partial charge is 0.478 e. The predicted octanol–water partition coefficient (Wildman–Crippen LogP) is 1.74. The molecule has 18 heavy (non-hydrogen) atoms. The molecule has 5 nitrogen and oxygen atoms in total. The molecule has 3 N–H and O–H groups in total. The van der Waals surface area contributed by atoms with Crippen LogP contribution in [-0.4, -0.2) is 34.3 Å². The molecule has 0 amide bonds. The molecule has 0 bridgehead atoms. The highest BCUT2D eigenvalue weighted by molar-refractivity contribution is 5.92. The van der Waals surface area contributed by atoms with Crippen molar-refractivity contribution >= 4 is 11.8 Å². The van der Waals surface area contributed by atoms with Gasteiger partial charge >= 0.3 is 5.97 Å². The van der Waals surface area contributed by atoms with E-state index in [0.29, 0.717) is 12.4 Å². The third-order valence-corrected chi connectivity index (χ3v) is 3.67. The number of hydrogen-bond acceptors (Lipinski definition) is 4. The molecule has 0 unspecified atom stereocenters. The Morgan fingerprint density at radius 3 is 2.78 bits per heavy atom. The van der Waals surface area contributed by atoms with Gasteiger partial charge < -0.3 is 15.5 Å². The minimum absolute atomic E-state index is 0.118. The van der Waals surface area contributed by atoms with Gasteiger partial charge in [0.25, 0.3) is 0 Å². The zero-order valence-electron chi connectivity index (χ0n) is 10.2. The summed E-state index contributed by atoms with van der Waals surface area (Å²) < 4.78 is 0. The topological polar surface area (TPSA) is 82.5 Å². The minimum Gasteiger partial charge on any atom is -0.478 e. The predicted molar refractivity (Wildman–Crippen MR) is 67.7 cm³/mol. The number of rotatable bonds is 5. The molecule has 1 aliphatic rings. The van der Waals surface area contributed by atoms with Gasteiger partial charge in [-0.3, -0.25) is 0 Å². The van der Waals surface area contributed by atoms with Gasteiger partial charge in [0.1, 0.15) is 11.4 Å². The first-order chi connectivity index (χ1) is 8.67. The average Bonchev–Trinajstić information content (AvgIpc) is 2.86. The van der Waals surface area contributed by atoms with Crippen molar-refractivity contribution in [3.8, 4) is 0 Å². The summed E-state index contributed by atoms with van der Waals surface area (Å²) in [7, 11) is 0. The Hall–Kier alpha value is -1.62. The van der Waals surface area contributed by atoms with E-state index in [0.717, 1.165) is 25.7 Å². The molecule has 1 aliphatic carbocycles. The third-order valence-electron chi connectivity index (χ3n) is 3.67. The number of nitrogens with zero attached hydrogens (tertiary/aromatic N) is 1. The molecule has 0 saturated heterocycles. The zero-order chi connectivity index (χ0) is 13.0. The molecule has 5 heteroatoms. The van der Waals surface area contributed by atoms with E-state index < -0.39 is 5.97 Å². The number of aliphatic hydroxyl groups excluding tert-OH is 1. The van der Waals surface area contributed by atoms with E-state index in [9.17, 15) is 9.90 Å². The van der Waals surface area contributed by atoms with Gasteiger partial charge in [0, 0.05) is 18.2 Å². The molecule has 0 radical (unpaired) electrons. The Bertz CT molecular complexity index is 428. The lowest BCUT2D eigenvalue weighted by Gasteiger charge is -2.27. The summed E-state index contributed by atoms with van der Waals surface area (Å²) in [6, 6.07) is 3.13. The fraction of sp³-hybridized carbons (Fsp3) is 0.538. The second kappa shape index (κ2) is 5.35. The summed E-state index contributed by atoms with van der Waals surface area (Å²) in [6.07, 6.45) is 5.76. The van der Waals surface area contributed by atoms with Crippen LogP contribution in [0.15, 0.2) is 18.3 Å². The highest BCUT2D eigenvalue weighted by atomic mass is 16.4. The van der Waals surface area contributed by atoms with E-state index in [1.165, 1.54) is 6.07 Å². The maximum Gasteiger partial charge on any atom is 0.339 e. The summed E-state index contributed by atoms with van der Waals surface area (Å²) in [5.41, 5.74) is 0.0522. The quantitative estimate of drug-likeness (QED) is 0.741. The number of anilines is 1. The number of aromatic carboxylic acids is 1. The summed E-state index contributed by atoms with van der Waals surface area (Å²) in [4.78, 5) is 15.1. The van der Waals surface area contributed by atoms with Gasteiger partial charge in [-0.15, -0.1) is 0 Å². The Morgan fingerprint density at radius 2 is 2.17 bits per heavy atom. The molecule has 98 valence electrons. The molecular formula is C13H18N2O3. The average molecular weight is 250 g/mol. The smallest absolute Gasteiger partial charge is 0.339 e. The van der Waals surface area contributed by atoms with Crippen LogP contribution in [0.3, 0.4) is 0 Å². The van der Waals surface area contributed by atoms with Crippen molar-refractivity contribution in [3.63, 3.8) is 0 Å². The molecule has 0 aromatic carbocycles. The van der Waals surface area contributed by atoms with Crippen molar-refractivity contribution in [3.05, 3.63) is 23.9 Å². The Labute approximate surface area is 106 Å². The number of nitrogens with one attached hydrogen (secondary N) is 1. The molecule has 1 saturated carbocycles. The fourth-order valence-corrected chi connectivity index (χ4v) is 2.51. The minimum atomic E-state index is -0.991. The molecule has 1 heterocycles. The van der Waals surface area contributed by atoms with Crippen LogP contribution in [0.25, 0.3) is 0 Å². The van der Waals surface area contributed by atoms with E-state index in [2.05, 4.69) is 10.3 Å². The zero-order valence-corrected chi connectivity index (χ0v) is 10.2. The molecule has 2 rings (SSSR count). The number of carboxylic acid groups (broad SMARTS) is 1. The summed E-state index contributed by atoms with van der Waals surface area (Å²) >= 11 is 0. The van der Waals surface area contributed by atoms with Crippen LogP contribution in [0, 0.1) is 5.41 Å². The monoisotopic (exact) mass is 250 g/mol. The standard InChI is InChI=1S/C13H18N2O3/c16-9-13(5-1-2-6-13)8-15-11-10(12(17)18)4-3-7-14-11/h3-4,7,16H,1-2,5-6,8-9H2,(H,14,15)(H,17,18). The lowest BCUT2D eigenvalue weighted by molar-refractivity contribution is 0.0697. The van der Waals surface area contributed by atoms with Crippen molar-refractivity contribution in [1.82, 2.24) is 4.98 Å². The maximum atomic E-state index is 11.0. The second-order valence-electron chi connectivity index (χ2n) is 4.92. The maximum absolute atomic E-state index is 11.0. The number of pyridine rings is 1. The number of aliphatic hydroxyl groups is 1. The summed E-state index contributed by atoms with van der Waals surface area (Å²) in [5, 5.41) is 21.6. The van der Waals surface area contributed by atoms with E-state index >= 15 is 0 Å². The van der Waals surface area contributed by atoms with Gasteiger partial charge in [-0.1, -0.05) is 12.8 Å². The van der Waals surface area contributed by atoms with Crippen LogP contribution in [0.2, 0.25) is 0 Å². The van der Waals surface area contributed by atoms with Crippen molar-refractivity contribution in [2.24, 2.45) is 5.41 Å². The van der Waals surface area contributed by atoms with Crippen LogP contribution < -0.4 is 5.32 Å². The molecule has 1 aromatic heterocycles. The van der Waals surface area contributed by atoms with Crippen LogP contribution >= 0.6 is 0 Å². The van der Waals surface area contributed by atoms with Gasteiger partial charge in [0.2, 0.25) is 0 Å². The Kier molecular flexibility index (Phi) is 3.81. The van der Waals surface area contributed by atoms with E-state index in [4.69, 9.17) is 5.11 Å². The second-order valence-corrected chi connectivity index (χ2v) is 4.92. The Balaban J connectivity index is 2.08. The van der Waals surface area contributed by atoms with Gasteiger partial charge in [-0.05, 0) is 25.0 Å². The first kappa shape index (κ1) is 12.8. The van der Waals surface area contributed by atoms with Gasteiger partial charge in [0.05, 0.1) is 6.61 Å². The van der Waals surface area contributed by atoms with Crippen molar-refractivity contribution < 1.29 is 15.0 Å². The van der Waals surface area contributed by atoms with Crippen molar-refractivity contribution in [1.29, 1.82) is 0 Å². The first-order valence-corrected chi connectivity index (χ1v) is 6.20. The van der Waals surface area contributed by atoms with E-state index in [1.807, 2.05) is 0 Å². The molecule has 1 aromatic rings. The number of carbonyl (C=O) groups is 1. The van der Waals surface area contributed by atoms with Crippen molar-refractivity contribution in [2.75, 3.05) is 18.5 Å². The van der Waals surface area contributed by atoms with Crippen LogP contribution in [0.1, 0.15) is 36.0 Å². The summed E-state index contributed by atoms with van der Waals surface area (Å²) in [6.45, 7) is 0.704. The highest BCUT2D eigenvalue weighted by Crippen LogP contribution is 2.37. The van der Waals surface area contributed by atoms with E-state index in [-0.39, 0.29) is 17.6 Å². The van der Waals surface area contributed by atoms with Gasteiger partial charge in [-0.2, -0.15) is 0 Å². The summed E-state index contributed by atoms with van der Waals surface area (Å²) in [5.74, 6) is -0.611. The number of aromatic nitrogens is 1. The molecule has 1 fully saturated rings. The third kappa shape index (κ3) is 2.61. The SMILES string of the molecule is O=C(O)c1cccnc1NCC1(CO)CCCC1. The van der Waals surface area contributed by atoms with Crippen molar-refractivity contribution in [2.45, 2.75) is 25.7 Å². The lowest BCUT2D eigenvalue weighted by atomic mass is 9.87. The first-order valence-electron chi connectivity index (χ1n) is 6.20. The van der Waals surface area contributed by atoms with E-state index in [1.54, 1.807) is 12.3 Å². The Morgan fingerprint density at radius 1 is 1.44 bits per heavy atom. The normalized spacial score (nSPS) is 17.6. The van der Waals surface area contributed by atoms with Crippen LogP contribution in [0.4, 0.5) is 5.82 Å². The number of hydrogen-bond donors (Lipinski definition) is 3. The van der Waals surface area contributed by atoms with Crippen LogP contribution in [-0.2, 0) is 0 Å². The molecule has 0 atom stereocenters. The fourth-order valence-electron chi connectivity index (χ4n) is 2.51. The van der Waals surface area contributed by atoms with Gasteiger partial charge in [0.15, 0.2) is 0 Å². The lowest BCUT2D eigenvalue weighted by Crippen LogP contribution is -2.31. The highest BCUT2D eigenvalue weighted by Gasteiger charge is 2.33. The number of carboxylic acids is 1. The van der Waals surface area contributed by atoms with Gasteiger partial charge in [-0.25, -0.2) is 9.78 Å². The molecular weight excluding hydrogens is 232 g/mol. The molecule has 0 spiro atoms. The van der Waals surface area contributed by atoms with Crippen LogP contribution in [0.5, 0.6) is 0 Å².